The van der Waals surface area contributed by atoms with Gasteiger partial charge in [0.1, 0.15) is 17.9 Å². The molecule has 130 valence electrons. The van der Waals surface area contributed by atoms with Gasteiger partial charge in [0, 0.05) is 28.9 Å². The second-order valence-corrected chi connectivity index (χ2v) is 6.07. The Kier molecular flexibility index (Phi) is 3.93. The standard InChI is InChI=1S/C20H16N2O4/c23-19(15-11-26-18-8-4-2-6-14(15)18)22-17(20(24)25)9-12-10-21-16-7-3-1-5-13(12)16/h1-8,10-11,17,21H,9H2,(H,22,23)(H,24,25). The molecule has 0 spiro atoms. The van der Waals surface area contributed by atoms with Gasteiger partial charge in [-0.15, -0.1) is 0 Å². The van der Waals surface area contributed by atoms with E-state index in [0.29, 0.717) is 16.5 Å². The lowest BCUT2D eigenvalue weighted by molar-refractivity contribution is -0.139. The number of carbonyl (C=O) groups excluding carboxylic acids is 1. The Hall–Kier alpha value is -3.54. The number of carboxylic acids is 1. The number of H-pyrrole nitrogens is 1. The minimum Gasteiger partial charge on any atom is -0.480 e. The third kappa shape index (κ3) is 2.82. The van der Waals surface area contributed by atoms with Crippen molar-refractivity contribution in [3.05, 3.63) is 72.1 Å². The van der Waals surface area contributed by atoms with E-state index in [1.54, 1.807) is 24.4 Å². The molecule has 6 heteroatoms. The molecular weight excluding hydrogens is 332 g/mol. The highest BCUT2D eigenvalue weighted by Crippen LogP contribution is 2.22. The molecule has 2 heterocycles. The topological polar surface area (TPSA) is 95.3 Å². The van der Waals surface area contributed by atoms with Crippen LogP contribution < -0.4 is 5.32 Å². The van der Waals surface area contributed by atoms with Crippen molar-refractivity contribution in [2.24, 2.45) is 0 Å². The van der Waals surface area contributed by atoms with Crippen molar-refractivity contribution < 1.29 is 19.1 Å². The van der Waals surface area contributed by atoms with Crippen molar-refractivity contribution in [2.75, 3.05) is 0 Å². The van der Waals surface area contributed by atoms with Crippen LogP contribution in [0.5, 0.6) is 0 Å². The minimum absolute atomic E-state index is 0.181. The molecule has 4 aromatic rings. The number of amides is 1. The van der Waals surface area contributed by atoms with E-state index in [-0.39, 0.29) is 6.42 Å². The Bertz CT molecular complexity index is 1110. The number of benzene rings is 2. The number of fused-ring (bicyclic) bond motifs is 2. The highest BCUT2D eigenvalue weighted by atomic mass is 16.4. The molecule has 0 aliphatic carbocycles. The molecule has 0 bridgehead atoms. The molecule has 0 saturated carbocycles. The van der Waals surface area contributed by atoms with Crippen LogP contribution in [0, 0.1) is 0 Å². The monoisotopic (exact) mass is 348 g/mol. The van der Waals surface area contributed by atoms with Crippen molar-refractivity contribution in [2.45, 2.75) is 12.5 Å². The molecule has 6 nitrogen and oxygen atoms in total. The molecule has 4 rings (SSSR count). The van der Waals surface area contributed by atoms with Crippen LogP contribution >= 0.6 is 0 Å². The molecule has 0 radical (unpaired) electrons. The van der Waals surface area contributed by atoms with Gasteiger partial charge in [0.2, 0.25) is 0 Å². The first kappa shape index (κ1) is 16.0. The summed E-state index contributed by atoms with van der Waals surface area (Å²) in [7, 11) is 0. The van der Waals surface area contributed by atoms with Crippen LogP contribution in [0.15, 0.2) is 65.4 Å². The first-order valence-corrected chi connectivity index (χ1v) is 8.18. The first-order valence-electron chi connectivity index (χ1n) is 8.18. The van der Waals surface area contributed by atoms with Crippen molar-refractivity contribution in [3.63, 3.8) is 0 Å². The summed E-state index contributed by atoms with van der Waals surface area (Å²) in [6.07, 6.45) is 3.31. The van der Waals surface area contributed by atoms with Crippen molar-refractivity contribution >= 4 is 33.7 Å². The highest BCUT2D eigenvalue weighted by molar-refractivity contribution is 6.07. The maximum absolute atomic E-state index is 12.6. The van der Waals surface area contributed by atoms with E-state index in [4.69, 9.17) is 4.42 Å². The van der Waals surface area contributed by atoms with Crippen molar-refractivity contribution in [1.29, 1.82) is 0 Å². The van der Waals surface area contributed by atoms with E-state index in [1.165, 1.54) is 6.26 Å². The molecule has 1 amide bonds. The zero-order chi connectivity index (χ0) is 18.1. The number of carbonyl (C=O) groups is 2. The lowest BCUT2D eigenvalue weighted by atomic mass is 10.0. The zero-order valence-corrected chi connectivity index (χ0v) is 13.7. The number of aromatic nitrogens is 1. The predicted molar refractivity (Wildman–Crippen MR) is 97.1 cm³/mol. The number of para-hydroxylation sites is 2. The number of nitrogens with one attached hydrogen (secondary N) is 2. The van der Waals surface area contributed by atoms with Crippen molar-refractivity contribution in [1.82, 2.24) is 10.3 Å². The van der Waals surface area contributed by atoms with Crippen LogP contribution in [0.25, 0.3) is 21.9 Å². The SMILES string of the molecule is O=C(NC(Cc1c[nH]c2ccccc12)C(=O)O)c1coc2ccccc12. The molecule has 1 atom stereocenters. The van der Waals surface area contributed by atoms with Gasteiger partial charge < -0.3 is 19.8 Å². The number of aromatic amines is 1. The second-order valence-electron chi connectivity index (χ2n) is 6.07. The average Bonchev–Trinajstić information content (AvgIpc) is 3.25. The van der Waals surface area contributed by atoms with E-state index in [2.05, 4.69) is 10.3 Å². The second kappa shape index (κ2) is 6.40. The summed E-state index contributed by atoms with van der Waals surface area (Å²) in [5.41, 5.74) is 2.68. The molecule has 1 unspecified atom stereocenters. The molecule has 0 aliphatic rings. The molecule has 0 fully saturated rings. The summed E-state index contributed by atoms with van der Waals surface area (Å²) in [6, 6.07) is 13.7. The summed E-state index contributed by atoms with van der Waals surface area (Å²) in [6.45, 7) is 0. The smallest absolute Gasteiger partial charge is 0.326 e. The van der Waals surface area contributed by atoms with Crippen LogP contribution in [0.3, 0.4) is 0 Å². The normalized spacial score (nSPS) is 12.3. The Labute approximate surface area is 148 Å². The number of hydrogen-bond acceptors (Lipinski definition) is 3. The van der Waals surface area contributed by atoms with Gasteiger partial charge in [0.05, 0.1) is 5.56 Å². The zero-order valence-electron chi connectivity index (χ0n) is 13.7. The van der Waals surface area contributed by atoms with Crippen LogP contribution in [0.4, 0.5) is 0 Å². The molecule has 0 aliphatic heterocycles. The summed E-state index contributed by atoms with van der Waals surface area (Å²) >= 11 is 0. The van der Waals surface area contributed by atoms with Crippen LogP contribution in [0.2, 0.25) is 0 Å². The fourth-order valence-corrected chi connectivity index (χ4v) is 3.11. The number of aliphatic carboxylic acids is 1. The Morgan fingerprint density at radius 1 is 1.08 bits per heavy atom. The maximum atomic E-state index is 12.6. The molecular formula is C20H16N2O4. The number of hydrogen-bond donors (Lipinski definition) is 3. The van der Waals surface area contributed by atoms with Gasteiger partial charge in [0.15, 0.2) is 0 Å². The highest BCUT2D eigenvalue weighted by Gasteiger charge is 2.24. The van der Waals surface area contributed by atoms with E-state index < -0.39 is 17.9 Å². The molecule has 0 saturated heterocycles. The quantitative estimate of drug-likeness (QED) is 0.515. The first-order chi connectivity index (χ1) is 12.6. The number of carboxylic acid groups (broad SMARTS) is 1. The van der Waals surface area contributed by atoms with Gasteiger partial charge in [-0.05, 0) is 17.7 Å². The third-order valence-corrected chi connectivity index (χ3v) is 4.43. The van der Waals surface area contributed by atoms with E-state index in [9.17, 15) is 14.7 Å². The van der Waals surface area contributed by atoms with E-state index >= 15 is 0 Å². The Morgan fingerprint density at radius 2 is 1.81 bits per heavy atom. The Balaban J connectivity index is 1.59. The summed E-state index contributed by atoms with van der Waals surface area (Å²) in [4.78, 5) is 27.4. The van der Waals surface area contributed by atoms with Gasteiger partial charge in [-0.1, -0.05) is 36.4 Å². The summed E-state index contributed by atoms with van der Waals surface area (Å²) in [5, 5.41) is 13.8. The lowest BCUT2D eigenvalue weighted by Gasteiger charge is -2.13. The average molecular weight is 348 g/mol. The predicted octanol–water partition coefficient (Wildman–Crippen LogP) is 3.34. The van der Waals surface area contributed by atoms with Gasteiger partial charge in [-0.2, -0.15) is 0 Å². The fraction of sp³-hybridized carbons (Fsp3) is 0.100. The van der Waals surface area contributed by atoms with Crippen molar-refractivity contribution in [3.8, 4) is 0 Å². The summed E-state index contributed by atoms with van der Waals surface area (Å²) in [5.74, 6) is -1.56. The van der Waals surface area contributed by atoms with Crippen LogP contribution in [-0.4, -0.2) is 28.0 Å². The fourth-order valence-electron chi connectivity index (χ4n) is 3.11. The van der Waals surface area contributed by atoms with Crippen LogP contribution in [0.1, 0.15) is 15.9 Å². The van der Waals surface area contributed by atoms with E-state index in [1.807, 2.05) is 30.3 Å². The molecule has 3 N–H and O–H groups in total. The van der Waals surface area contributed by atoms with Gasteiger partial charge in [-0.25, -0.2) is 4.79 Å². The van der Waals surface area contributed by atoms with E-state index in [0.717, 1.165) is 16.5 Å². The maximum Gasteiger partial charge on any atom is 0.326 e. The Morgan fingerprint density at radius 3 is 2.62 bits per heavy atom. The van der Waals surface area contributed by atoms with Gasteiger partial charge in [0.25, 0.3) is 5.91 Å². The molecule has 2 aromatic carbocycles. The largest absolute Gasteiger partial charge is 0.480 e. The molecule has 26 heavy (non-hydrogen) atoms. The van der Waals surface area contributed by atoms with Gasteiger partial charge >= 0.3 is 5.97 Å². The summed E-state index contributed by atoms with van der Waals surface area (Å²) < 4.78 is 5.36. The number of furan rings is 1. The molecule has 2 aromatic heterocycles. The lowest BCUT2D eigenvalue weighted by Crippen LogP contribution is -2.42. The minimum atomic E-state index is -1.09. The van der Waals surface area contributed by atoms with Gasteiger partial charge in [-0.3, -0.25) is 4.79 Å². The number of rotatable bonds is 5. The van der Waals surface area contributed by atoms with Crippen LogP contribution in [-0.2, 0) is 11.2 Å². The third-order valence-electron chi connectivity index (χ3n) is 4.43.